The molecule has 1 aromatic heterocycles. The minimum atomic E-state index is -4.28. The molecule has 130 valence electrons. The second-order valence-corrected chi connectivity index (χ2v) is 6.55. The summed E-state index contributed by atoms with van der Waals surface area (Å²) in [5.74, 6) is 1.33. The predicted molar refractivity (Wildman–Crippen MR) is 90.2 cm³/mol. The fraction of sp³-hybridized carbons (Fsp3) is 0.316. The van der Waals surface area contributed by atoms with Gasteiger partial charge in [-0.25, -0.2) is 4.98 Å². The molecule has 1 aliphatic rings. The number of alkyl halides is 3. The van der Waals surface area contributed by atoms with E-state index in [4.69, 9.17) is 0 Å². The van der Waals surface area contributed by atoms with Crippen LogP contribution in [0.15, 0.2) is 48.5 Å². The van der Waals surface area contributed by atoms with Crippen LogP contribution in [0.4, 0.5) is 13.2 Å². The van der Waals surface area contributed by atoms with Crippen LogP contribution in [0.25, 0.3) is 11.0 Å². The minimum absolute atomic E-state index is 0.335. The van der Waals surface area contributed by atoms with E-state index in [0.29, 0.717) is 12.5 Å². The van der Waals surface area contributed by atoms with Gasteiger partial charge in [0.25, 0.3) is 0 Å². The van der Waals surface area contributed by atoms with Gasteiger partial charge in [0, 0.05) is 19.0 Å². The Morgan fingerprint density at radius 2 is 1.84 bits per heavy atom. The van der Waals surface area contributed by atoms with E-state index in [-0.39, 0.29) is 0 Å². The Bertz CT molecular complexity index is 835. The smallest absolute Gasteiger partial charge is 0.342 e. The molecule has 1 saturated heterocycles. The summed E-state index contributed by atoms with van der Waals surface area (Å²) in [6.45, 7) is 2.44. The molecule has 0 spiro atoms. The third kappa shape index (κ3) is 3.39. The highest BCUT2D eigenvalue weighted by molar-refractivity contribution is 5.74. The lowest BCUT2D eigenvalue weighted by atomic mass is 10.1. The normalized spacial score (nSPS) is 18.9. The highest BCUT2D eigenvalue weighted by Crippen LogP contribution is 2.30. The molecule has 2 aromatic carbocycles. The SMILES string of the molecule is FC(F)(F)c1ccc(CN2CCC(c3nc4ccccc4[nH]3)C2)cc1. The maximum Gasteiger partial charge on any atom is 0.416 e. The number of para-hydroxylation sites is 2. The molecule has 0 saturated carbocycles. The number of halogens is 3. The Kier molecular flexibility index (Phi) is 4.00. The number of nitrogens with zero attached hydrogens (tertiary/aromatic N) is 2. The van der Waals surface area contributed by atoms with Crippen molar-refractivity contribution in [3.63, 3.8) is 0 Å². The lowest BCUT2D eigenvalue weighted by Gasteiger charge is -2.16. The zero-order valence-corrected chi connectivity index (χ0v) is 13.6. The van der Waals surface area contributed by atoms with E-state index < -0.39 is 11.7 Å². The van der Waals surface area contributed by atoms with Crippen LogP contribution in [0.3, 0.4) is 0 Å². The van der Waals surface area contributed by atoms with Crippen molar-refractivity contribution in [1.82, 2.24) is 14.9 Å². The zero-order chi connectivity index (χ0) is 17.4. The van der Waals surface area contributed by atoms with Crippen molar-refractivity contribution >= 4 is 11.0 Å². The van der Waals surface area contributed by atoms with Gasteiger partial charge in [0.2, 0.25) is 0 Å². The number of aromatic nitrogens is 2. The number of fused-ring (bicyclic) bond motifs is 1. The third-order valence-electron chi connectivity index (χ3n) is 4.75. The summed E-state index contributed by atoms with van der Waals surface area (Å²) < 4.78 is 37.9. The minimum Gasteiger partial charge on any atom is -0.342 e. The van der Waals surface area contributed by atoms with Crippen molar-refractivity contribution in [2.75, 3.05) is 13.1 Å². The summed E-state index contributed by atoms with van der Waals surface area (Å²) in [4.78, 5) is 10.3. The van der Waals surface area contributed by atoms with E-state index in [0.717, 1.165) is 54.1 Å². The summed E-state index contributed by atoms with van der Waals surface area (Å²) in [7, 11) is 0. The second kappa shape index (κ2) is 6.19. The number of aromatic amines is 1. The molecule has 25 heavy (non-hydrogen) atoms. The first kappa shape index (κ1) is 16.1. The molecule has 0 bridgehead atoms. The van der Waals surface area contributed by atoms with Crippen LogP contribution >= 0.6 is 0 Å². The van der Waals surface area contributed by atoms with Gasteiger partial charge in [-0.1, -0.05) is 24.3 Å². The maximum absolute atomic E-state index is 12.6. The number of benzene rings is 2. The number of hydrogen-bond acceptors (Lipinski definition) is 2. The molecule has 1 aliphatic heterocycles. The van der Waals surface area contributed by atoms with Gasteiger partial charge in [-0.15, -0.1) is 0 Å². The molecule has 3 nitrogen and oxygen atoms in total. The van der Waals surface area contributed by atoms with E-state index in [1.807, 2.05) is 24.3 Å². The molecule has 1 N–H and O–H groups in total. The van der Waals surface area contributed by atoms with Gasteiger partial charge in [0.05, 0.1) is 16.6 Å². The number of H-pyrrole nitrogens is 1. The van der Waals surface area contributed by atoms with Crippen molar-refractivity contribution in [3.8, 4) is 0 Å². The van der Waals surface area contributed by atoms with Gasteiger partial charge in [-0.05, 0) is 42.8 Å². The van der Waals surface area contributed by atoms with Gasteiger partial charge >= 0.3 is 6.18 Å². The molecule has 1 atom stereocenters. The monoisotopic (exact) mass is 345 g/mol. The molecule has 0 amide bonds. The molecule has 6 heteroatoms. The third-order valence-corrected chi connectivity index (χ3v) is 4.75. The van der Waals surface area contributed by atoms with Crippen molar-refractivity contribution in [2.24, 2.45) is 0 Å². The predicted octanol–water partition coefficient (Wildman–Crippen LogP) is 4.57. The molecule has 4 rings (SSSR count). The van der Waals surface area contributed by atoms with Crippen LogP contribution in [-0.2, 0) is 12.7 Å². The average Bonchev–Trinajstić information content (AvgIpc) is 3.20. The fourth-order valence-corrected chi connectivity index (χ4v) is 3.42. The van der Waals surface area contributed by atoms with Crippen LogP contribution < -0.4 is 0 Å². The molecule has 1 unspecified atom stereocenters. The quantitative estimate of drug-likeness (QED) is 0.754. The molecule has 3 aromatic rings. The van der Waals surface area contributed by atoms with Gasteiger partial charge in [-0.3, -0.25) is 4.90 Å². The van der Waals surface area contributed by atoms with E-state index in [1.165, 1.54) is 0 Å². The Hall–Kier alpha value is -2.34. The maximum atomic E-state index is 12.6. The number of imidazole rings is 1. The highest BCUT2D eigenvalue weighted by Gasteiger charge is 2.30. The summed E-state index contributed by atoms with van der Waals surface area (Å²) in [5, 5.41) is 0. The largest absolute Gasteiger partial charge is 0.416 e. The molecular weight excluding hydrogens is 327 g/mol. The standard InChI is InChI=1S/C19H18F3N3/c20-19(21,22)15-7-5-13(6-8-15)11-25-10-9-14(12-25)18-23-16-3-1-2-4-17(16)24-18/h1-8,14H,9-12H2,(H,23,24). The van der Waals surface area contributed by atoms with Crippen LogP contribution in [0.1, 0.15) is 29.3 Å². The Morgan fingerprint density at radius 1 is 1.08 bits per heavy atom. The van der Waals surface area contributed by atoms with Gasteiger partial charge < -0.3 is 4.98 Å². The van der Waals surface area contributed by atoms with Crippen LogP contribution in [0.5, 0.6) is 0 Å². The van der Waals surface area contributed by atoms with Crippen LogP contribution in [-0.4, -0.2) is 28.0 Å². The summed E-state index contributed by atoms with van der Waals surface area (Å²) in [6.07, 6.45) is -3.28. The van der Waals surface area contributed by atoms with E-state index >= 15 is 0 Å². The first-order valence-corrected chi connectivity index (χ1v) is 8.32. The summed E-state index contributed by atoms with van der Waals surface area (Å²) in [6, 6.07) is 13.4. The zero-order valence-electron chi connectivity index (χ0n) is 13.6. The van der Waals surface area contributed by atoms with Crippen LogP contribution in [0, 0.1) is 0 Å². The Labute approximate surface area is 143 Å². The summed E-state index contributed by atoms with van der Waals surface area (Å²) >= 11 is 0. The van der Waals surface area contributed by atoms with E-state index in [1.54, 1.807) is 12.1 Å². The van der Waals surface area contributed by atoms with E-state index in [9.17, 15) is 13.2 Å². The Balaban J connectivity index is 1.42. The lowest BCUT2D eigenvalue weighted by Crippen LogP contribution is -2.20. The topological polar surface area (TPSA) is 31.9 Å². The molecule has 1 fully saturated rings. The summed E-state index contributed by atoms with van der Waals surface area (Å²) in [5.41, 5.74) is 2.31. The number of nitrogens with one attached hydrogen (secondary N) is 1. The van der Waals surface area contributed by atoms with Crippen molar-refractivity contribution in [3.05, 3.63) is 65.5 Å². The molecule has 0 aliphatic carbocycles. The van der Waals surface area contributed by atoms with Crippen LogP contribution in [0.2, 0.25) is 0 Å². The van der Waals surface area contributed by atoms with Crippen molar-refractivity contribution < 1.29 is 13.2 Å². The fourth-order valence-electron chi connectivity index (χ4n) is 3.42. The lowest BCUT2D eigenvalue weighted by molar-refractivity contribution is -0.137. The van der Waals surface area contributed by atoms with Gasteiger partial charge in [-0.2, -0.15) is 13.2 Å². The molecule has 2 heterocycles. The van der Waals surface area contributed by atoms with Gasteiger partial charge in [0.15, 0.2) is 0 Å². The second-order valence-electron chi connectivity index (χ2n) is 6.55. The molecule has 0 radical (unpaired) electrons. The van der Waals surface area contributed by atoms with Crippen molar-refractivity contribution in [1.29, 1.82) is 0 Å². The number of hydrogen-bond donors (Lipinski definition) is 1. The van der Waals surface area contributed by atoms with Crippen molar-refractivity contribution in [2.45, 2.75) is 25.1 Å². The highest BCUT2D eigenvalue weighted by atomic mass is 19.4. The first-order chi connectivity index (χ1) is 12.0. The number of likely N-dealkylation sites (tertiary alicyclic amines) is 1. The Morgan fingerprint density at radius 3 is 2.56 bits per heavy atom. The number of rotatable bonds is 3. The first-order valence-electron chi connectivity index (χ1n) is 8.32. The van der Waals surface area contributed by atoms with Gasteiger partial charge in [0.1, 0.15) is 5.82 Å². The van der Waals surface area contributed by atoms with E-state index in [2.05, 4.69) is 14.9 Å². The average molecular weight is 345 g/mol. The molecular formula is C19H18F3N3.